The third kappa shape index (κ3) is 3.01. The smallest absolute Gasteiger partial charge is 0.320 e. The summed E-state index contributed by atoms with van der Waals surface area (Å²) in [6, 6.07) is 0.361. The molecule has 2 atom stereocenters. The monoisotopic (exact) mass is 268 g/mol. The van der Waals surface area contributed by atoms with Gasteiger partial charge in [0, 0.05) is 25.7 Å². The van der Waals surface area contributed by atoms with Crippen LogP contribution in [0.1, 0.15) is 39.5 Å². The van der Waals surface area contributed by atoms with E-state index in [1.807, 2.05) is 4.90 Å². The normalized spacial score (nSPS) is 27.9. The van der Waals surface area contributed by atoms with Crippen molar-refractivity contribution in [1.29, 1.82) is 0 Å². The number of carboxylic acids is 1. The van der Waals surface area contributed by atoms with Crippen molar-refractivity contribution in [3.63, 3.8) is 0 Å². The molecule has 0 aromatic carbocycles. The molecular weight excluding hydrogens is 244 g/mol. The number of aliphatic carboxylic acids is 1. The minimum absolute atomic E-state index is 0.0437. The Labute approximate surface area is 114 Å². The molecule has 0 bridgehead atoms. The number of urea groups is 1. The number of nitrogens with zero attached hydrogens (tertiary/aromatic N) is 2. The molecule has 0 radical (unpaired) electrons. The Morgan fingerprint density at radius 3 is 2.47 bits per heavy atom. The maximum atomic E-state index is 12.5. The predicted octanol–water partition coefficient (Wildman–Crippen LogP) is 2.02. The van der Waals surface area contributed by atoms with Crippen LogP contribution in [-0.4, -0.2) is 52.6 Å². The van der Waals surface area contributed by atoms with Crippen molar-refractivity contribution >= 4 is 12.0 Å². The summed E-state index contributed by atoms with van der Waals surface area (Å²) in [6.45, 7) is 6.17. The summed E-state index contributed by atoms with van der Waals surface area (Å²) < 4.78 is 0. The number of amides is 2. The average molecular weight is 268 g/mol. The summed E-state index contributed by atoms with van der Waals surface area (Å²) in [6.07, 6.45) is 3.61. The number of likely N-dealkylation sites (tertiary alicyclic amines) is 2. The van der Waals surface area contributed by atoms with Crippen LogP contribution in [0.15, 0.2) is 0 Å². The lowest BCUT2D eigenvalue weighted by Gasteiger charge is -2.37. The number of carboxylic acid groups (broad SMARTS) is 1. The van der Waals surface area contributed by atoms with Crippen molar-refractivity contribution in [2.45, 2.75) is 45.6 Å². The zero-order chi connectivity index (χ0) is 14.0. The quantitative estimate of drug-likeness (QED) is 0.833. The number of piperidine rings is 1. The molecule has 2 heterocycles. The molecule has 0 spiro atoms. The second-order valence-electron chi connectivity index (χ2n) is 6.05. The van der Waals surface area contributed by atoms with Gasteiger partial charge < -0.3 is 14.9 Å². The van der Waals surface area contributed by atoms with Crippen LogP contribution < -0.4 is 0 Å². The van der Waals surface area contributed by atoms with E-state index < -0.39 is 11.9 Å². The van der Waals surface area contributed by atoms with Crippen molar-refractivity contribution in [3.05, 3.63) is 0 Å². The summed E-state index contributed by atoms with van der Waals surface area (Å²) in [5.74, 6) is -0.705. The van der Waals surface area contributed by atoms with E-state index in [1.54, 1.807) is 4.90 Å². The molecule has 0 aromatic heterocycles. The van der Waals surface area contributed by atoms with Crippen LogP contribution in [0.5, 0.6) is 0 Å². The Kier molecular flexibility index (Phi) is 4.32. The Hall–Kier alpha value is -1.26. The molecule has 2 saturated heterocycles. The third-order valence-electron chi connectivity index (χ3n) is 4.36. The van der Waals surface area contributed by atoms with E-state index in [-0.39, 0.29) is 6.03 Å². The highest BCUT2D eigenvalue weighted by molar-refractivity contribution is 5.77. The van der Waals surface area contributed by atoms with Gasteiger partial charge in [-0.15, -0.1) is 0 Å². The molecule has 0 aromatic rings. The largest absolute Gasteiger partial charge is 0.481 e. The molecule has 2 fully saturated rings. The topological polar surface area (TPSA) is 60.9 Å². The zero-order valence-corrected chi connectivity index (χ0v) is 11.8. The van der Waals surface area contributed by atoms with E-state index in [0.29, 0.717) is 31.5 Å². The predicted molar refractivity (Wildman–Crippen MR) is 71.9 cm³/mol. The molecule has 2 amide bonds. The van der Waals surface area contributed by atoms with E-state index in [0.717, 1.165) is 25.8 Å². The van der Waals surface area contributed by atoms with Crippen molar-refractivity contribution in [2.75, 3.05) is 19.6 Å². The molecule has 2 aliphatic rings. The first kappa shape index (κ1) is 14.2. The number of rotatable bonds is 2. The number of carbonyl (C=O) groups excluding carboxylic acids is 1. The second-order valence-corrected chi connectivity index (χ2v) is 6.05. The molecule has 108 valence electrons. The van der Waals surface area contributed by atoms with Crippen LogP contribution in [0.4, 0.5) is 4.79 Å². The minimum atomic E-state index is -0.778. The molecule has 1 N–H and O–H groups in total. The second kappa shape index (κ2) is 5.80. The van der Waals surface area contributed by atoms with Crippen molar-refractivity contribution in [2.24, 2.45) is 11.8 Å². The van der Waals surface area contributed by atoms with Crippen LogP contribution >= 0.6 is 0 Å². The molecule has 2 rings (SSSR count). The standard InChI is InChI=1S/C14H24N2O3/c1-10(2)12-6-4-8-16(12)14(19)15-7-3-5-11(9-15)13(17)18/h10-12H,3-9H2,1-2H3,(H,17,18)/t11-,12?/m1/s1. The van der Waals surface area contributed by atoms with Crippen LogP contribution in [0.2, 0.25) is 0 Å². The van der Waals surface area contributed by atoms with Gasteiger partial charge in [0.2, 0.25) is 0 Å². The zero-order valence-electron chi connectivity index (χ0n) is 11.8. The third-order valence-corrected chi connectivity index (χ3v) is 4.36. The lowest BCUT2D eigenvalue weighted by atomic mass is 9.98. The summed E-state index contributed by atoms with van der Waals surface area (Å²) in [7, 11) is 0. The summed E-state index contributed by atoms with van der Waals surface area (Å²) >= 11 is 0. The fraction of sp³-hybridized carbons (Fsp3) is 0.857. The maximum absolute atomic E-state index is 12.5. The van der Waals surface area contributed by atoms with Gasteiger partial charge >= 0.3 is 12.0 Å². The van der Waals surface area contributed by atoms with E-state index in [9.17, 15) is 9.59 Å². The average Bonchev–Trinajstić information content (AvgIpc) is 2.87. The molecule has 1 unspecified atom stereocenters. The molecule has 19 heavy (non-hydrogen) atoms. The van der Waals surface area contributed by atoms with Crippen molar-refractivity contribution in [3.8, 4) is 0 Å². The van der Waals surface area contributed by atoms with E-state index in [4.69, 9.17) is 5.11 Å². The first-order valence-corrected chi connectivity index (χ1v) is 7.29. The lowest BCUT2D eigenvalue weighted by Crippen LogP contribution is -2.51. The Balaban J connectivity index is 2.00. The van der Waals surface area contributed by atoms with E-state index >= 15 is 0 Å². The van der Waals surface area contributed by atoms with Crippen LogP contribution in [0.3, 0.4) is 0 Å². The molecule has 5 nitrogen and oxygen atoms in total. The maximum Gasteiger partial charge on any atom is 0.320 e. The minimum Gasteiger partial charge on any atom is -0.481 e. The Bertz CT molecular complexity index is 357. The van der Waals surface area contributed by atoms with Gasteiger partial charge in [0.25, 0.3) is 0 Å². The summed E-state index contributed by atoms with van der Waals surface area (Å²) in [4.78, 5) is 27.3. The molecule has 0 saturated carbocycles. The van der Waals surface area contributed by atoms with Crippen LogP contribution in [0.25, 0.3) is 0 Å². The SMILES string of the molecule is CC(C)C1CCCN1C(=O)N1CCC[C@@H](C(=O)O)C1. The Morgan fingerprint density at radius 1 is 1.16 bits per heavy atom. The molecule has 2 aliphatic heterocycles. The van der Waals surface area contributed by atoms with E-state index in [1.165, 1.54) is 0 Å². The van der Waals surface area contributed by atoms with E-state index in [2.05, 4.69) is 13.8 Å². The first-order chi connectivity index (χ1) is 9.00. The molecule has 0 aliphatic carbocycles. The van der Waals surface area contributed by atoms with Gasteiger partial charge in [0.1, 0.15) is 0 Å². The number of hydrogen-bond donors (Lipinski definition) is 1. The molecule has 5 heteroatoms. The highest BCUT2D eigenvalue weighted by atomic mass is 16.4. The van der Waals surface area contributed by atoms with Crippen LogP contribution in [-0.2, 0) is 4.79 Å². The van der Waals surface area contributed by atoms with Crippen molar-refractivity contribution in [1.82, 2.24) is 9.80 Å². The van der Waals surface area contributed by atoms with Gasteiger partial charge in [-0.05, 0) is 31.6 Å². The molecular formula is C14H24N2O3. The Morgan fingerprint density at radius 2 is 1.84 bits per heavy atom. The van der Waals surface area contributed by atoms with Gasteiger partial charge in [-0.25, -0.2) is 4.79 Å². The van der Waals surface area contributed by atoms with Gasteiger partial charge in [-0.1, -0.05) is 13.8 Å². The van der Waals surface area contributed by atoms with Gasteiger partial charge in [0.05, 0.1) is 5.92 Å². The highest BCUT2D eigenvalue weighted by Crippen LogP contribution is 2.26. The lowest BCUT2D eigenvalue weighted by molar-refractivity contribution is -0.143. The fourth-order valence-corrected chi connectivity index (χ4v) is 3.26. The van der Waals surface area contributed by atoms with Gasteiger partial charge in [0.15, 0.2) is 0 Å². The number of hydrogen-bond acceptors (Lipinski definition) is 2. The first-order valence-electron chi connectivity index (χ1n) is 7.29. The van der Waals surface area contributed by atoms with Gasteiger partial charge in [-0.3, -0.25) is 4.79 Å². The summed E-state index contributed by atoms with van der Waals surface area (Å²) in [5.41, 5.74) is 0. The summed E-state index contributed by atoms with van der Waals surface area (Å²) in [5, 5.41) is 9.09. The van der Waals surface area contributed by atoms with Crippen molar-refractivity contribution < 1.29 is 14.7 Å². The highest BCUT2D eigenvalue weighted by Gasteiger charge is 2.36. The number of carbonyl (C=O) groups is 2. The van der Waals surface area contributed by atoms with Crippen LogP contribution in [0, 0.1) is 11.8 Å². The van der Waals surface area contributed by atoms with Gasteiger partial charge in [-0.2, -0.15) is 0 Å². The fourth-order valence-electron chi connectivity index (χ4n) is 3.26.